The van der Waals surface area contributed by atoms with Crippen LogP contribution in [0, 0.1) is 0 Å². The van der Waals surface area contributed by atoms with Crippen LogP contribution in [0.2, 0.25) is 0 Å². The molecular weight excluding hydrogens is 737 g/mol. The van der Waals surface area contributed by atoms with E-state index in [-0.39, 0.29) is 0 Å². The predicted octanol–water partition coefficient (Wildman–Crippen LogP) is 14.6. The van der Waals surface area contributed by atoms with Crippen LogP contribution in [0.3, 0.4) is 0 Å². The molecule has 0 N–H and O–H groups in total. The predicted molar refractivity (Wildman–Crippen MR) is 248 cm³/mol. The van der Waals surface area contributed by atoms with Gasteiger partial charge in [-0.25, -0.2) is 9.97 Å². The average Bonchev–Trinajstić information content (AvgIpc) is 4.00. The fourth-order valence-corrected chi connectivity index (χ4v) is 9.93. The maximum absolute atomic E-state index is 5.51. The first-order valence-electron chi connectivity index (χ1n) is 19.9. The molecule has 276 valence electrons. The van der Waals surface area contributed by atoms with E-state index in [1.165, 1.54) is 31.6 Å². The van der Waals surface area contributed by atoms with Crippen molar-refractivity contribution in [2.45, 2.75) is 0 Å². The molecular formula is C54H34N4S. The molecule has 0 aliphatic carbocycles. The molecule has 0 aliphatic rings. The molecule has 8 aromatic carbocycles. The minimum absolute atomic E-state index is 0.669. The summed E-state index contributed by atoms with van der Waals surface area (Å²) in [6.45, 7) is 0. The minimum atomic E-state index is 0.669. The summed E-state index contributed by atoms with van der Waals surface area (Å²) in [5.74, 6) is 0.669. The summed E-state index contributed by atoms with van der Waals surface area (Å²) in [6, 6.07) is 73.8. The van der Waals surface area contributed by atoms with E-state index in [0.717, 1.165) is 72.0 Å². The molecule has 0 amide bonds. The van der Waals surface area contributed by atoms with Crippen molar-refractivity contribution in [2.75, 3.05) is 0 Å². The van der Waals surface area contributed by atoms with Gasteiger partial charge in [0.25, 0.3) is 0 Å². The fourth-order valence-electron chi connectivity index (χ4n) is 8.91. The summed E-state index contributed by atoms with van der Waals surface area (Å²) >= 11 is 1.77. The average molecular weight is 771 g/mol. The lowest BCUT2D eigenvalue weighted by Gasteiger charge is -2.16. The van der Waals surface area contributed by atoms with Gasteiger partial charge in [-0.2, -0.15) is 0 Å². The summed E-state index contributed by atoms with van der Waals surface area (Å²) in [5.41, 5.74) is 12.7. The number of nitrogens with zero attached hydrogens (tertiary/aromatic N) is 4. The number of hydrogen-bond acceptors (Lipinski definition) is 3. The number of fused-ring (bicyclic) bond motifs is 7. The van der Waals surface area contributed by atoms with E-state index in [1.54, 1.807) is 11.3 Å². The van der Waals surface area contributed by atoms with Gasteiger partial charge in [-0.05, 0) is 77.2 Å². The third kappa shape index (κ3) is 5.51. The topological polar surface area (TPSA) is 35.6 Å². The normalized spacial score (nSPS) is 11.7. The van der Waals surface area contributed by atoms with Gasteiger partial charge in [0.2, 0.25) is 0 Å². The second-order valence-electron chi connectivity index (χ2n) is 15.0. The third-order valence-corrected chi connectivity index (χ3v) is 12.7. The monoisotopic (exact) mass is 770 g/mol. The Balaban J connectivity index is 1.17. The van der Waals surface area contributed by atoms with Crippen LogP contribution in [0.15, 0.2) is 206 Å². The van der Waals surface area contributed by atoms with E-state index in [9.17, 15) is 0 Å². The Morgan fingerprint density at radius 1 is 0.356 bits per heavy atom. The Labute approximate surface area is 344 Å². The van der Waals surface area contributed by atoms with E-state index in [0.29, 0.717) is 5.82 Å². The molecule has 0 radical (unpaired) electrons. The summed E-state index contributed by atoms with van der Waals surface area (Å²) in [7, 11) is 0. The summed E-state index contributed by atoms with van der Waals surface area (Å²) in [5, 5.41) is 6.08. The van der Waals surface area contributed by atoms with Crippen molar-refractivity contribution in [3.8, 4) is 55.7 Å². The van der Waals surface area contributed by atoms with E-state index in [2.05, 4.69) is 215 Å². The van der Waals surface area contributed by atoms with Crippen molar-refractivity contribution in [1.82, 2.24) is 19.1 Å². The lowest BCUT2D eigenvalue weighted by molar-refractivity contribution is 1.12. The zero-order valence-corrected chi connectivity index (χ0v) is 32.6. The molecule has 0 saturated carbocycles. The molecule has 5 heteroatoms. The highest BCUT2D eigenvalue weighted by Crippen LogP contribution is 2.40. The van der Waals surface area contributed by atoms with Gasteiger partial charge in [0.05, 0.1) is 38.3 Å². The first kappa shape index (κ1) is 33.5. The molecule has 0 unspecified atom stereocenters. The van der Waals surface area contributed by atoms with Crippen LogP contribution in [-0.4, -0.2) is 19.1 Å². The zero-order valence-electron chi connectivity index (χ0n) is 31.8. The van der Waals surface area contributed by atoms with Gasteiger partial charge >= 0.3 is 0 Å². The van der Waals surface area contributed by atoms with Gasteiger partial charge in [0.1, 0.15) is 0 Å². The molecule has 12 aromatic rings. The molecule has 4 heterocycles. The van der Waals surface area contributed by atoms with Crippen LogP contribution in [-0.2, 0) is 0 Å². The van der Waals surface area contributed by atoms with Gasteiger partial charge in [-0.1, -0.05) is 146 Å². The highest BCUT2D eigenvalue weighted by atomic mass is 32.1. The van der Waals surface area contributed by atoms with Crippen LogP contribution in [0.5, 0.6) is 0 Å². The Bertz CT molecular complexity index is 3300. The van der Waals surface area contributed by atoms with Crippen molar-refractivity contribution in [2.24, 2.45) is 0 Å². The van der Waals surface area contributed by atoms with Crippen molar-refractivity contribution < 1.29 is 0 Å². The highest BCUT2D eigenvalue weighted by Gasteiger charge is 2.20. The minimum Gasteiger partial charge on any atom is -0.309 e. The second kappa shape index (κ2) is 13.5. The van der Waals surface area contributed by atoms with Crippen molar-refractivity contribution in [3.05, 3.63) is 206 Å². The molecule has 12 rings (SSSR count). The number of benzene rings is 8. The second-order valence-corrected chi connectivity index (χ2v) is 16.1. The molecule has 0 spiro atoms. The number of aromatic nitrogens is 4. The Hall–Kier alpha value is -7.60. The molecule has 4 aromatic heterocycles. The molecule has 0 bridgehead atoms. The molecule has 0 saturated heterocycles. The largest absolute Gasteiger partial charge is 0.309 e. The van der Waals surface area contributed by atoms with Gasteiger partial charge in [-0.3, -0.25) is 0 Å². The summed E-state index contributed by atoms with van der Waals surface area (Å²) < 4.78 is 6.02. The smallest absolute Gasteiger partial charge is 0.160 e. The Kier molecular flexibility index (Phi) is 7.68. The highest BCUT2D eigenvalue weighted by molar-refractivity contribution is 7.22. The quantitative estimate of drug-likeness (QED) is 0.169. The standard InChI is InChI=1S/C54H34N4S/c1-2-16-35(17-3-1)40-19-5-6-20-41(40)46-34-47(53-32-36-18-4-15-29-52(36)59-53)56-54(55-46)37-30-38(57-48-25-11-7-21-42(48)43-22-8-12-26-49(43)57)33-39(31-37)58-50-27-13-9-23-44(50)45-24-10-14-28-51(45)58/h1-34H. The number of hydrogen-bond donors (Lipinski definition) is 0. The SMILES string of the molecule is c1ccc(-c2ccccc2-c2cc(-c3cc4ccccc4s3)nc(-c3cc(-n4c5ccccc5c5ccccc54)cc(-n4c5ccccc5c5ccccc54)c3)n2)cc1. The van der Waals surface area contributed by atoms with Crippen molar-refractivity contribution >= 4 is 65.0 Å². The maximum Gasteiger partial charge on any atom is 0.160 e. The first-order valence-corrected chi connectivity index (χ1v) is 20.7. The Morgan fingerprint density at radius 3 is 1.41 bits per heavy atom. The van der Waals surface area contributed by atoms with Crippen LogP contribution in [0.1, 0.15) is 0 Å². The molecule has 4 nitrogen and oxygen atoms in total. The van der Waals surface area contributed by atoms with Crippen LogP contribution in [0.4, 0.5) is 0 Å². The van der Waals surface area contributed by atoms with E-state index < -0.39 is 0 Å². The van der Waals surface area contributed by atoms with Crippen LogP contribution < -0.4 is 0 Å². The van der Waals surface area contributed by atoms with Crippen molar-refractivity contribution in [3.63, 3.8) is 0 Å². The van der Waals surface area contributed by atoms with E-state index >= 15 is 0 Å². The van der Waals surface area contributed by atoms with E-state index in [4.69, 9.17) is 9.97 Å². The molecule has 59 heavy (non-hydrogen) atoms. The van der Waals surface area contributed by atoms with Gasteiger partial charge in [0, 0.05) is 48.7 Å². The number of para-hydroxylation sites is 4. The fraction of sp³-hybridized carbons (Fsp3) is 0. The van der Waals surface area contributed by atoms with Gasteiger partial charge in [0.15, 0.2) is 5.82 Å². The number of rotatable bonds is 6. The van der Waals surface area contributed by atoms with E-state index in [1.807, 2.05) is 0 Å². The van der Waals surface area contributed by atoms with Crippen LogP contribution in [0.25, 0.3) is 109 Å². The van der Waals surface area contributed by atoms with Crippen LogP contribution >= 0.6 is 11.3 Å². The van der Waals surface area contributed by atoms with Crippen molar-refractivity contribution in [1.29, 1.82) is 0 Å². The molecule has 0 fully saturated rings. The Morgan fingerprint density at radius 2 is 0.831 bits per heavy atom. The first-order chi connectivity index (χ1) is 29.2. The maximum atomic E-state index is 5.51. The summed E-state index contributed by atoms with van der Waals surface area (Å²) in [6.07, 6.45) is 0. The zero-order chi connectivity index (χ0) is 38.9. The molecule has 0 aliphatic heterocycles. The summed E-state index contributed by atoms with van der Waals surface area (Å²) in [4.78, 5) is 12.1. The van der Waals surface area contributed by atoms with Gasteiger partial charge in [-0.15, -0.1) is 11.3 Å². The third-order valence-electron chi connectivity index (χ3n) is 11.5. The molecule has 0 atom stereocenters. The van der Waals surface area contributed by atoms with Gasteiger partial charge < -0.3 is 9.13 Å². The lowest BCUT2D eigenvalue weighted by Crippen LogP contribution is -2.02. The lowest BCUT2D eigenvalue weighted by atomic mass is 9.97. The number of thiophene rings is 1.